The van der Waals surface area contributed by atoms with Crippen LogP contribution in [0.2, 0.25) is 0 Å². The van der Waals surface area contributed by atoms with Gasteiger partial charge in [-0.2, -0.15) is 0 Å². The van der Waals surface area contributed by atoms with Gasteiger partial charge in [0.25, 0.3) is 5.69 Å². The topological polar surface area (TPSA) is 102 Å². The Bertz CT molecular complexity index is 533. The number of alkyl halides is 1. The van der Waals surface area contributed by atoms with Crippen LogP contribution in [0.25, 0.3) is 0 Å². The molecule has 3 unspecified atom stereocenters. The first-order chi connectivity index (χ1) is 10.8. The van der Waals surface area contributed by atoms with Gasteiger partial charge in [-0.15, -0.1) is 11.6 Å². The Labute approximate surface area is 139 Å². The quantitative estimate of drug-likeness (QED) is 0.427. The number of nitrogens with one attached hydrogen (secondary N) is 1. The summed E-state index contributed by atoms with van der Waals surface area (Å²) in [6.45, 7) is 4.80. The van der Waals surface area contributed by atoms with Crippen LogP contribution < -0.4 is 5.32 Å². The molecule has 0 spiro atoms. The van der Waals surface area contributed by atoms with Crippen molar-refractivity contribution in [1.29, 1.82) is 0 Å². The fraction of sp³-hybridized carbons (Fsp3) is 0.533. The summed E-state index contributed by atoms with van der Waals surface area (Å²) in [5.74, 6) is -0.426. The average Bonchev–Trinajstić information content (AvgIpc) is 2.50. The number of halogens is 1. The molecule has 0 radical (unpaired) electrons. The van der Waals surface area contributed by atoms with Crippen molar-refractivity contribution < 1.29 is 19.6 Å². The monoisotopic (exact) mass is 344 g/mol. The highest BCUT2D eigenvalue weighted by atomic mass is 35.5. The van der Waals surface area contributed by atoms with Gasteiger partial charge in [-0.05, 0) is 38.5 Å². The number of ether oxygens (including phenoxy) is 1. The first-order valence-corrected chi connectivity index (χ1v) is 7.65. The van der Waals surface area contributed by atoms with Crippen LogP contribution >= 0.6 is 11.6 Å². The highest BCUT2D eigenvalue weighted by Crippen LogP contribution is 2.25. The number of aliphatic hydroxyl groups is 1. The first kappa shape index (κ1) is 19.3. The molecule has 0 aromatic heterocycles. The molecule has 1 amide bonds. The van der Waals surface area contributed by atoms with E-state index in [0.29, 0.717) is 5.56 Å². The van der Waals surface area contributed by atoms with Crippen LogP contribution in [0.4, 0.5) is 5.69 Å². The third-order valence-corrected chi connectivity index (χ3v) is 3.30. The highest BCUT2D eigenvalue weighted by Gasteiger charge is 2.27. The molecule has 0 aliphatic heterocycles. The maximum absolute atomic E-state index is 11.8. The smallest absolute Gasteiger partial charge is 0.269 e. The van der Waals surface area contributed by atoms with Gasteiger partial charge in [0.15, 0.2) is 0 Å². The molecule has 0 bridgehead atoms. The van der Waals surface area contributed by atoms with Gasteiger partial charge >= 0.3 is 0 Å². The molecule has 1 aromatic rings. The maximum Gasteiger partial charge on any atom is 0.269 e. The fourth-order valence-electron chi connectivity index (χ4n) is 2.00. The van der Waals surface area contributed by atoms with Crippen LogP contribution in [0.15, 0.2) is 24.3 Å². The standard InChI is InChI=1S/C15H21ClN2O5/c1-9(2)23-14(13(8-19)17-15(20)10(3)16)11-4-6-12(7-5-11)18(21)22/h4-7,9-10,13-14,19H,8H2,1-3H3,(H,17,20). The number of rotatable bonds is 8. The van der Waals surface area contributed by atoms with Crippen molar-refractivity contribution in [3.8, 4) is 0 Å². The number of hydrogen-bond acceptors (Lipinski definition) is 5. The maximum atomic E-state index is 11.8. The van der Waals surface area contributed by atoms with Crippen molar-refractivity contribution in [3.63, 3.8) is 0 Å². The van der Waals surface area contributed by atoms with Crippen molar-refractivity contribution >= 4 is 23.2 Å². The number of amides is 1. The van der Waals surface area contributed by atoms with E-state index in [0.717, 1.165) is 0 Å². The van der Waals surface area contributed by atoms with Gasteiger partial charge in [0.1, 0.15) is 11.5 Å². The van der Waals surface area contributed by atoms with Crippen molar-refractivity contribution in [3.05, 3.63) is 39.9 Å². The molecule has 0 fully saturated rings. The van der Waals surface area contributed by atoms with Gasteiger partial charge in [0, 0.05) is 12.1 Å². The second kappa shape index (κ2) is 8.81. The summed E-state index contributed by atoms with van der Waals surface area (Å²) in [6.07, 6.45) is -0.824. The Balaban J connectivity index is 3.05. The molecule has 128 valence electrons. The molecular formula is C15H21ClN2O5. The second-order valence-electron chi connectivity index (χ2n) is 5.37. The first-order valence-electron chi connectivity index (χ1n) is 7.21. The summed E-state index contributed by atoms with van der Waals surface area (Å²) in [7, 11) is 0. The third kappa shape index (κ3) is 5.78. The van der Waals surface area contributed by atoms with E-state index in [9.17, 15) is 20.0 Å². The summed E-state index contributed by atoms with van der Waals surface area (Å²) in [5, 5.41) is 22.2. The number of benzene rings is 1. The minimum Gasteiger partial charge on any atom is -0.394 e. The molecule has 0 aliphatic carbocycles. The molecule has 2 N–H and O–H groups in total. The second-order valence-corrected chi connectivity index (χ2v) is 6.02. The summed E-state index contributed by atoms with van der Waals surface area (Å²) in [4.78, 5) is 22.0. The lowest BCUT2D eigenvalue weighted by Crippen LogP contribution is -2.45. The number of hydrogen-bond donors (Lipinski definition) is 2. The van der Waals surface area contributed by atoms with E-state index in [1.165, 1.54) is 19.1 Å². The number of nitro groups is 1. The van der Waals surface area contributed by atoms with E-state index < -0.39 is 28.4 Å². The summed E-state index contributed by atoms with van der Waals surface area (Å²) < 4.78 is 5.78. The van der Waals surface area contributed by atoms with Crippen LogP contribution in [-0.4, -0.2) is 40.1 Å². The molecule has 23 heavy (non-hydrogen) atoms. The molecular weight excluding hydrogens is 324 g/mol. The van der Waals surface area contributed by atoms with Gasteiger partial charge in [0.05, 0.1) is 23.7 Å². The molecule has 8 heteroatoms. The highest BCUT2D eigenvalue weighted by molar-refractivity contribution is 6.30. The minimum absolute atomic E-state index is 0.0454. The Morgan fingerprint density at radius 3 is 2.30 bits per heavy atom. The molecule has 0 aliphatic rings. The number of carbonyl (C=O) groups excluding carboxylic acids is 1. The SMILES string of the molecule is CC(C)OC(c1ccc([N+](=O)[O-])cc1)C(CO)NC(=O)C(C)Cl. The predicted molar refractivity (Wildman–Crippen MR) is 86.4 cm³/mol. The van der Waals surface area contributed by atoms with Gasteiger partial charge in [-0.25, -0.2) is 0 Å². The van der Waals surface area contributed by atoms with Crippen LogP contribution in [0.3, 0.4) is 0 Å². The number of carbonyl (C=O) groups is 1. The van der Waals surface area contributed by atoms with Gasteiger partial charge in [0.2, 0.25) is 5.91 Å². The Kier molecular flexibility index (Phi) is 7.41. The number of non-ortho nitro benzene ring substituents is 1. The van der Waals surface area contributed by atoms with E-state index in [-0.39, 0.29) is 18.4 Å². The van der Waals surface area contributed by atoms with E-state index >= 15 is 0 Å². The average molecular weight is 345 g/mol. The molecule has 0 saturated carbocycles. The number of nitrogens with zero attached hydrogens (tertiary/aromatic N) is 1. The zero-order valence-corrected chi connectivity index (χ0v) is 14.0. The fourth-order valence-corrected chi connectivity index (χ4v) is 2.06. The number of aliphatic hydroxyl groups excluding tert-OH is 1. The van der Waals surface area contributed by atoms with E-state index in [4.69, 9.17) is 16.3 Å². The van der Waals surface area contributed by atoms with E-state index in [1.807, 2.05) is 13.8 Å². The largest absolute Gasteiger partial charge is 0.394 e. The van der Waals surface area contributed by atoms with Crippen LogP contribution in [0.5, 0.6) is 0 Å². The Morgan fingerprint density at radius 1 is 1.35 bits per heavy atom. The predicted octanol–water partition coefficient (Wildman–Crippen LogP) is 2.17. The van der Waals surface area contributed by atoms with Gasteiger partial charge < -0.3 is 15.2 Å². The van der Waals surface area contributed by atoms with Crippen molar-refractivity contribution in [2.24, 2.45) is 0 Å². The molecule has 1 aromatic carbocycles. The van der Waals surface area contributed by atoms with E-state index in [1.54, 1.807) is 12.1 Å². The lowest BCUT2D eigenvalue weighted by molar-refractivity contribution is -0.384. The molecule has 7 nitrogen and oxygen atoms in total. The molecule has 0 heterocycles. The van der Waals surface area contributed by atoms with Crippen molar-refractivity contribution in [2.45, 2.75) is 44.4 Å². The lowest BCUT2D eigenvalue weighted by Gasteiger charge is -2.29. The zero-order chi connectivity index (χ0) is 17.6. The molecule has 0 saturated heterocycles. The van der Waals surface area contributed by atoms with Crippen LogP contribution in [0, 0.1) is 10.1 Å². The Hall–Kier alpha value is -1.70. The minimum atomic E-state index is -0.749. The molecule has 1 rings (SSSR count). The van der Waals surface area contributed by atoms with Gasteiger partial charge in [-0.3, -0.25) is 14.9 Å². The third-order valence-electron chi connectivity index (χ3n) is 3.10. The normalized spacial score (nSPS) is 15.0. The van der Waals surface area contributed by atoms with Crippen molar-refractivity contribution in [1.82, 2.24) is 5.32 Å². The summed E-state index contributed by atoms with van der Waals surface area (Å²) in [5.41, 5.74) is 0.571. The van der Waals surface area contributed by atoms with Crippen LogP contribution in [-0.2, 0) is 9.53 Å². The van der Waals surface area contributed by atoms with Crippen molar-refractivity contribution in [2.75, 3.05) is 6.61 Å². The number of nitro benzene ring substituents is 1. The molecule has 3 atom stereocenters. The Morgan fingerprint density at radius 2 is 1.91 bits per heavy atom. The summed E-state index contributed by atoms with van der Waals surface area (Å²) in [6, 6.07) is 5.08. The van der Waals surface area contributed by atoms with E-state index in [2.05, 4.69) is 5.32 Å². The zero-order valence-electron chi connectivity index (χ0n) is 13.2. The van der Waals surface area contributed by atoms with Crippen LogP contribution in [0.1, 0.15) is 32.4 Å². The lowest BCUT2D eigenvalue weighted by atomic mass is 10.0. The summed E-state index contributed by atoms with van der Waals surface area (Å²) >= 11 is 5.73. The van der Waals surface area contributed by atoms with Gasteiger partial charge in [-0.1, -0.05) is 0 Å².